The van der Waals surface area contributed by atoms with Crippen LogP contribution in [0.1, 0.15) is 11.4 Å². The van der Waals surface area contributed by atoms with E-state index in [0.717, 1.165) is 13.0 Å². The first-order chi connectivity index (χ1) is 5.24. The van der Waals surface area contributed by atoms with Gasteiger partial charge in [0.2, 0.25) is 0 Å². The van der Waals surface area contributed by atoms with E-state index in [1.54, 1.807) is 0 Å². The molecule has 0 aliphatic heterocycles. The zero-order valence-corrected chi connectivity index (χ0v) is 7.39. The van der Waals surface area contributed by atoms with Crippen LogP contribution in [0.2, 0.25) is 0 Å². The molecule has 0 saturated heterocycles. The summed E-state index contributed by atoms with van der Waals surface area (Å²) in [4.78, 5) is 0. The van der Waals surface area contributed by atoms with Gasteiger partial charge >= 0.3 is 0 Å². The summed E-state index contributed by atoms with van der Waals surface area (Å²) < 4.78 is 1.91. The molecule has 0 amide bonds. The molecule has 0 radical (unpaired) electrons. The monoisotopic (exact) mass is 153 g/mol. The summed E-state index contributed by atoms with van der Waals surface area (Å²) >= 11 is 0. The third-order valence-electron chi connectivity index (χ3n) is 1.80. The van der Waals surface area contributed by atoms with E-state index < -0.39 is 0 Å². The van der Waals surface area contributed by atoms with Crippen LogP contribution in [0, 0.1) is 6.92 Å². The van der Waals surface area contributed by atoms with Crippen LogP contribution in [0.4, 0.5) is 0 Å². The van der Waals surface area contributed by atoms with E-state index in [2.05, 4.69) is 23.4 Å². The molecule has 1 heterocycles. The maximum Gasteiger partial charge on any atom is 0.0639 e. The lowest BCUT2D eigenvalue weighted by atomic mass is 10.3. The Morgan fingerprint density at radius 3 is 2.82 bits per heavy atom. The normalized spacial score (nSPS) is 10.5. The van der Waals surface area contributed by atoms with Crippen molar-refractivity contribution < 1.29 is 0 Å². The van der Waals surface area contributed by atoms with E-state index in [0.29, 0.717) is 0 Å². The smallest absolute Gasteiger partial charge is 0.0639 e. The molecule has 0 aliphatic carbocycles. The Bertz CT molecular complexity index is 208. The van der Waals surface area contributed by atoms with Gasteiger partial charge in [0.15, 0.2) is 0 Å². The standard InChI is InChI=1S/C8H15N3/c1-7-6-8(4-5-9-2)10-11(7)3/h6,9H,4-5H2,1-3H3. The number of hydrogen-bond acceptors (Lipinski definition) is 2. The summed E-state index contributed by atoms with van der Waals surface area (Å²) in [5, 5.41) is 7.42. The van der Waals surface area contributed by atoms with Crippen molar-refractivity contribution >= 4 is 0 Å². The first-order valence-corrected chi connectivity index (χ1v) is 3.88. The van der Waals surface area contributed by atoms with Gasteiger partial charge in [0, 0.05) is 25.7 Å². The fourth-order valence-corrected chi connectivity index (χ4v) is 1.01. The van der Waals surface area contributed by atoms with Crippen LogP contribution in [0.3, 0.4) is 0 Å². The van der Waals surface area contributed by atoms with Crippen LogP contribution in [-0.2, 0) is 13.5 Å². The summed E-state index contributed by atoms with van der Waals surface area (Å²) in [6.07, 6.45) is 1.01. The number of likely N-dealkylation sites (N-methyl/N-ethyl adjacent to an activating group) is 1. The second kappa shape index (κ2) is 3.53. The summed E-state index contributed by atoms with van der Waals surface area (Å²) in [6.45, 7) is 3.06. The van der Waals surface area contributed by atoms with Crippen LogP contribution in [0.15, 0.2) is 6.07 Å². The predicted octanol–water partition coefficient (Wildman–Crippen LogP) is 0.490. The van der Waals surface area contributed by atoms with Crippen LogP contribution in [0.5, 0.6) is 0 Å². The second-order valence-electron chi connectivity index (χ2n) is 2.75. The molecule has 1 rings (SSSR count). The molecular formula is C8H15N3. The van der Waals surface area contributed by atoms with E-state index in [4.69, 9.17) is 0 Å². The number of hydrogen-bond donors (Lipinski definition) is 1. The summed E-state index contributed by atoms with van der Waals surface area (Å²) in [7, 11) is 3.92. The summed E-state index contributed by atoms with van der Waals surface area (Å²) in [5.41, 5.74) is 2.38. The lowest BCUT2D eigenvalue weighted by Crippen LogP contribution is -2.10. The van der Waals surface area contributed by atoms with Gasteiger partial charge in [-0.25, -0.2) is 0 Å². The van der Waals surface area contributed by atoms with Gasteiger partial charge in [-0.2, -0.15) is 5.10 Å². The molecule has 0 unspecified atom stereocenters. The van der Waals surface area contributed by atoms with E-state index in [1.165, 1.54) is 11.4 Å². The number of aromatic nitrogens is 2. The van der Waals surface area contributed by atoms with Gasteiger partial charge in [0.05, 0.1) is 5.69 Å². The Kier molecular flexibility index (Phi) is 2.65. The van der Waals surface area contributed by atoms with Gasteiger partial charge in [-0.15, -0.1) is 0 Å². The second-order valence-corrected chi connectivity index (χ2v) is 2.75. The average molecular weight is 153 g/mol. The van der Waals surface area contributed by atoms with Crippen molar-refractivity contribution in [3.8, 4) is 0 Å². The molecule has 0 saturated carbocycles. The zero-order valence-electron chi connectivity index (χ0n) is 7.39. The molecule has 0 spiro atoms. The highest BCUT2D eigenvalue weighted by atomic mass is 15.3. The molecule has 1 N–H and O–H groups in total. The quantitative estimate of drug-likeness (QED) is 0.685. The Morgan fingerprint density at radius 1 is 1.64 bits per heavy atom. The minimum atomic E-state index is 0.996. The van der Waals surface area contributed by atoms with E-state index >= 15 is 0 Å². The lowest BCUT2D eigenvalue weighted by molar-refractivity contribution is 0.703. The molecule has 0 aromatic carbocycles. The third-order valence-corrected chi connectivity index (χ3v) is 1.80. The highest BCUT2D eigenvalue weighted by molar-refractivity contribution is 5.08. The zero-order chi connectivity index (χ0) is 8.27. The van der Waals surface area contributed by atoms with Crippen molar-refractivity contribution in [3.63, 3.8) is 0 Å². The van der Waals surface area contributed by atoms with E-state index in [-0.39, 0.29) is 0 Å². The highest BCUT2D eigenvalue weighted by Crippen LogP contribution is 2.00. The Labute approximate surface area is 67.4 Å². The number of nitrogens with one attached hydrogen (secondary N) is 1. The van der Waals surface area contributed by atoms with Gasteiger partial charge in [0.25, 0.3) is 0 Å². The van der Waals surface area contributed by atoms with Crippen molar-refractivity contribution in [3.05, 3.63) is 17.5 Å². The molecule has 3 heteroatoms. The van der Waals surface area contributed by atoms with Gasteiger partial charge in [-0.05, 0) is 20.0 Å². The molecule has 0 fully saturated rings. The number of rotatable bonds is 3. The maximum atomic E-state index is 4.32. The topological polar surface area (TPSA) is 29.9 Å². The fourth-order valence-electron chi connectivity index (χ4n) is 1.01. The predicted molar refractivity (Wildman–Crippen MR) is 45.6 cm³/mol. The molecule has 62 valence electrons. The van der Waals surface area contributed by atoms with Crippen molar-refractivity contribution in [2.75, 3.05) is 13.6 Å². The lowest BCUT2D eigenvalue weighted by Gasteiger charge is -1.93. The van der Waals surface area contributed by atoms with Crippen LogP contribution < -0.4 is 5.32 Å². The largest absolute Gasteiger partial charge is 0.319 e. The van der Waals surface area contributed by atoms with Crippen molar-refractivity contribution in [2.24, 2.45) is 7.05 Å². The molecule has 1 aromatic heterocycles. The van der Waals surface area contributed by atoms with E-state index in [9.17, 15) is 0 Å². The molecule has 3 nitrogen and oxygen atoms in total. The van der Waals surface area contributed by atoms with Crippen molar-refractivity contribution in [1.29, 1.82) is 0 Å². The molecular weight excluding hydrogens is 138 g/mol. The Balaban J connectivity index is 2.58. The van der Waals surface area contributed by atoms with Crippen molar-refractivity contribution in [2.45, 2.75) is 13.3 Å². The number of nitrogens with zero attached hydrogens (tertiary/aromatic N) is 2. The maximum absolute atomic E-state index is 4.32. The van der Waals surface area contributed by atoms with Gasteiger partial charge < -0.3 is 5.32 Å². The van der Waals surface area contributed by atoms with Crippen LogP contribution in [0.25, 0.3) is 0 Å². The Hall–Kier alpha value is -0.830. The molecule has 1 aromatic rings. The van der Waals surface area contributed by atoms with Crippen LogP contribution >= 0.6 is 0 Å². The first kappa shape index (κ1) is 8.27. The molecule has 11 heavy (non-hydrogen) atoms. The van der Waals surface area contributed by atoms with E-state index in [1.807, 2.05) is 18.8 Å². The highest BCUT2D eigenvalue weighted by Gasteiger charge is 1.98. The first-order valence-electron chi connectivity index (χ1n) is 3.88. The molecule has 0 aliphatic rings. The number of aryl methyl sites for hydroxylation is 2. The summed E-state index contributed by atoms with van der Waals surface area (Å²) in [5.74, 6) is 0. The average Bonchev–Trinajstić information content (AvgIpc) is 2.28. The third kappa shape index (κ3) is 2.05. The Morgan fingerprint density at radius 2 is 2.36 bits per heavy atom. The fraction of sp³-hybridized carbons (Fsp3) is 0.625. The van der Waals surface area contributed by atoms with Gasteiger partial charge in [0.1, 0.15) is 0 Å². The SMILES string of the molecule is CNCCc1cc(C)n(C)n1. The molecule has 0 bridgehead atoms. The van der Waals surface area contributed by atoms with Gasteiger partial charge in [-0.3, -0.25) is 4.68 Å². The summed E-state index contributed by atoms with van der Waals surface area (Å²) in [6, 6.07) is 2.12. The molecule has 0 atom stereocenters. The minimum absolute atomic E-state index is 0.996. The van der Waals surface area contributed by atoms with Crippen LogP contribution in [-0.4, -0.2) is 23.4 Å². The van der Waals surface area contributed by atoms with Gasteiger partial charge in [-0.1, -0.05) is 0 Å². The minimum Gasteiger partial charge on any atom is -0.319 e. The van der Waals surface area contributed by atoms with Crippen molar-refractivity contribution in [1.82, 2.24) is 15.1 Å².